The summed E-state index contributed by atoms with van der Waals surface area (Å²) in [5, 5.41) is 0. The SMILES string of the molecule is C[C@@H]1CN(C(=O)OC(C)(C)C)CCN1c1ccc(C2OC=CO2)cn1. The van der Waals surface area contributed by atoms with E-state index in [0.29, 0.717) is 19.6 Å². The number of nitrogens with zero attached hydrogens (tertiary/aromatic N) is 3. The monoisotopic (exact) mass is 347 g/mol. The molecule has 1 aromatic heterocycles. The summed E-state index contributed by atoms with van der Waals surface area (Å²) < 4.78 is 16.1. The Hall–Kier alpha value is -2.44. The van der Waals surface area contributed by atoms with Crippen LogP contribution in [0, 0.1) is 0 Å². The van der Waals surface area contributed by atoms with Crippen LogP contribution in [-0.2, 0) is 14.2 Å². The van der Waals surface area contributed by atoms with Crippen LogP contribution in [-0.4, -0.2) is 47.3 Å². The average Bonchev–Trinajstić information content (AvgIpc) is 3.08. The number of carbonyl (C=O) groups is 1. The first-order valence-corrected chi connectivity index (χ1v) is 8.50. The minimum atomic E-state index is -0.478. The van der Waals surface area contributed by atoms with Crippen molar-refractivity contribution in [2.75, 3.05) is 24.5 Å². The summed E-state index contributed by atoms with van der Waals surface area (Å²) in [6, 6.07) is 4.06. The highest BCUT2D eigenvalue weighted by molar-refractivity contribution is 5.68. The van der Waals surface area contributed by atoms with Crippen molar-refractivity contribution in [1.29, 1.82) is 0 Å². The highest BCUT2D eigenvalue weighted by Crippen LogP contribution is 2.26. The van der Waals surface area contributed by atoms with Gasteiger partial charge in [-0.15, -0.1) is 0 Å². The van der Waals surface area contributed by atoms with Gasteiger partial charge in [0.1, 0.15) is 23.9 Å². The van der Waals surface area contributed by atoms with Crippen LogP contribution in [0.2, 0.25) is 0 Å². The van der Waals surface area contributed by atoms with E-state index in [0.717, 1.165) is 11.4 Å². The van der Waals surface area contributed by atoms with Crippen LogP contribution < -0.4 is 4.90 Å². The molecule has 25 heavy (non-hydrogen) atoms. The van der Waals surface area contributed by atoms with Gasteiger partial charge in [0, 0.05) is 31.9 Å². The molecule has 0 unspecified atom stereocenters. The van der Waals surface area contributed by atoms with E-state index in [2.05, 4.69) is 16.8 Å². The maximum Gasteiger partial charge on any atom is 0.410 e. The van der Waals surface area contributed by atoms with Crippen molar-refractivity contribution in [2.24, 2.45) is 0 Å². The second kappa shape index (κ2) is 6.82. The molecule has 0 bridgehead atoms. The minimum Gasteiger partial charge on any atom is -0.455 e. The molecule has 1 aromatic rings. The molecule has 0 aromatic carbocycles. The highest BCUT2D eigenvalue weighted by atomic mass is 16.7. The van der Waals surface area contributed by atoms with Crippen molar-refractivity contribution >= 4 is 11.9 Å². The predicted molar refractivity (Wildman–Crippen MR) is 92.9 cm³/mol. The first-order chi connectivity index (χ1) is 11.8. The van der Waals surface area contributed by atoms with Crippen molar-refractivity contribution in [3.8, 4) is 0 Å². The molecule has 3 heterocycles. The van der Waals surface area contributed by atoms with Crippen LogP contribution in [0.1, 0.15) is 39.5 Å². The lowest BCUT2D eigenvalue weighted by molar-refractivity contribution is -0.0248. The summed E-state index contributed by atoms with van der Waals surface area (Å²) >= 11 is 0. The summed E-state index contributed by atoms with van der Waals surface area (Å²) in [4.78, 5) is 20.7. The third kappa shape index (κ3) is 4.15. The Morgan fingerprint density at radius 3 is 2.52 bits per heavy atom. The lowest BCUT2D eigenvalue weighted by Gasteiger charge is -2.40. The van der Waals surface area contributed by atoms with Crippen LogP contribution in [0.3, 0.4) is 0 Å². The molecule has 1 atom stereocenters. The zero-order valence-electron chi connectivity index (χ0n) is 15.1. The summed E-state index contributed by atoms with van der Waals surface area (Å²) in [6.07, 6.45) is 4.14. The van der Waals surface area contributed by atoms with Crippen LogP contribution in [0.5, 0.6) is 0 Å². The molecule has 2 aliphatic heterocycles. The van der Waals surface area contributed by atoms with Gasteiger partial charge in [-0.1, -0.05) is 0 Å². The lowest BCUT2D eigenvalue weighted by atomic mass is 10.2. The second-order valence-corrected chi connectivity index (χ2v) is 7.29. The molecule has 1 amide bonds. The lowest BCUT2D eigenvalue weighted by Crippen LogP contribution is -2.54. The van der Waals surface area contributed by atoms with Gasteiger partial charge in [-0.25, -0.2) is 9.78 Å². The summed E-state index contributed by atoms with van der Waals surface area (Å²) in [6.45, 7) is 9.65. The van der Waals surface area contributed by atoms with E-state index in [1.165, 1.54) is 12.5 Å². The smallest absolute Gasteiger partial charge is 0.410 e. The quantitative estimate of drug-likeness (QED) is 0.819. The number of hydrogen-bond acceptors (Lipinski definition) is 6. The molecule has 0 aliphatic carbocycles. The van der Waals surface area contributed by atoms with E-state index in [1.807, 2.05) is 32.9 Å². The Morgan fingerprint density at radius 2 is 1.96 bits per heavy atom. The van der Waals surface area contributed by atoms with E-state index in [-0.39, 0.29) is 12.1 Å². The Labute approximate surface area is 148 Å². The number of rotatable bonds is 2. The molecule has 7 nitrogen and oxygen atoms in total. The van der Waals surface area contributed by atoms with Crippen LogP contribution in [0.4, 0.5) is 10.6 Å². The molecule has 2 aliphatic rings. The van der Waals surface area contributed by atoms with E-state index < -0.39 is 11.9 Å². The summed E-state index contributed by atoms with van der Waals surface area (Å²) in [5.74, 6) is 0.881. The zero-order chi connectivity index (χ0) is 18.0. The fourth-order valence-corrected chi connectivity index (χ4v) is 2.89. The van der Waals surface area contributed by atoms with Crippen LogP contribution in [0.15, 0.2) is 30.9 Å². The molecule has 1 fully saturated rings. The van der Waals surface area contributed by atoms with Gasteiger partial charge in [-0.05, 0) is 39.8 Å². The third-order valence-electron chi connectivity index (χ3n) is 4.08. The largest absolute Gasteiger partial charge is 0.455 e. The second-order valence-electron chi connectivity index (χ2n) is 7.29. The Morgan fingerprint density at radius 1 is 1.24 bits per heavy atom. The van der Waals surface area contributed by atoms with E-state index in [9.17, 15) is 4.79 Å². The van der Waals surface area contributed by atoms with Gasteiger partial charge in [-0.3, -0.25) is 0 Å². The van der Waals surface area contributed by atoms with Gasteiger partial charge in [0.2, 0.25) is 0 Å². The fraction of sp³-hybridized carbons (Fsp3) is 0.556. The first-order valence-electron chi connectivity index (χ1n) is 8.50. The number of piperazine rings is 1. The molecule has 1 saturated heterocycles. The summed E-state index contributed by atoms with van der Waals surface area (Å²) in [7, 11) is 0. The maximum absolute atomic E-state index is 12.2. The van der Waals surface area contributed by atoms with Crippen molar-refractivity contribution in [3.05, 3.63) is 36.4 Å². The number of pyridine rings is 1. The molecule has 0 radical (unpaired) electrons. The van der Waals surface area contributed by atoms with Gasteiger partial charge < -0.3 is 24.0 Å². The zero-order valence-corrected chi connectivity index (χ0v) is 15.1. The van der Waals surface area contributed by atoms with Gasteiger partial charge in [0.05, 0.1) is 5.56 Å². The molecule has 0 saturated carbocycles. The number of amides is 1. The van der Waals surface area contributed by atoms with Gasteiger partial charge in [0.15, 0.2) is 0 Å². The predicted octanol–water partition coefficient (Wildman–Crippen LogP) is 3.04. The van der Waals surface area contributed by atoms with Crippen LogP contribution in [0.25, 0.3) is 0 Å². The number of hydrogen-bond donors (Lipinski definition) is 0. The fourth-order valence-electron chi connectivity index (χ4n) is 2.89. The van der Waals surface area contributed by atoms with Gasteiger partial charge in [-0.2, -0.15) is 0 Å². The number of ether oxygens (including phenoxy) is 3. The molecular formula is C18H25N3O4. The average molecular weight is 347 g/mol. The molecule has 3 rings (SSSR count). The Balaban J connectivity index is 1.60. The van der Waals surface area contributed by atoms with Crippen molar-refractivity contribution in [2.45, 2.75) is 45.6 Å². The Kier molecular flexibility index (Phi) is 4.74. The normalized spacial score (nSPS) is 21.0. The van der Waals surface area contributed by atoms with Crippen molar-refractivity contribution in [1.82, 2.24) is 9.88 Å². The number of anilines is 1. The van der Waals surface area contributed by atoms with Gasteiger partial charge >= 0.3 is 6.09 Å². The van der Waals surface area contributed by atoms with Crippen molar-refractivity contribution < 1.29 is 19.0 Å². The molecule has 7 heteroatoms. The van der Waals surface area contributed by atoms with E-state index >= 15 is 0 Å². The molecule has 136 valence electrons. The van der Waals surface area contributed by atoms with Crippen LogP contribution >= 0.6 is 0 Å². The molecule has 0 N–H and O–H groups in total. The molecular weight excluding hydrogens is 322 g/mol. The topological polar surface area (TPSA) is 64.1 Å². The first kappa shape index (κ1) is 17.4. The minimum absolute atomic E-state index is 0.153. The summed E-state index contributed by atoms with van der Waals surface area (Å²) in [5.41, 5.74) is 0.391. The third-order valence-corrected chi connectivity index (χ3v) is 4.08. The molecule has 0 spiro atoms. The van der Waals surface area contributed by atoms with E-state index in [1.54, 1.807) is 11.1 Å². The van der Waals surface area contributed by atoms with Crippen molar-refractivity contribution in [3.63, 3.8) is 0 Å². The highest BCUT2D eigenvalue weighted by Gasteiger charge is 2.30. The maximum atomic E-state index is 12.2. The van der Waals surface area contributed by atoms with E-state index in [4.69, 9.17) is 14.2 Å². The standard InChI is InChI=1S/C18H25N3O4/c1-13-12-20(17(22)25-18(2,3)4)7-8-21(13)15-6-5-14(11-19-15)16-23-9-10-24-16/h5-6,9-11,13,16H,7-8,12H2,1-4H3/t13-/m1/s1. The van der Waals surface area contributed by atoms with Gasteiger partial charge in [0.25, 0.3) is 6.29 Å². The number of carbonyl (C=O) groups excluding carboxylic acids is 1. The number of aromatic nitrogens is 1. The Bertz CT molecular complexity index is 631.